The second-order valence-corrected chi connectivity index (χ2v) is 4.93. The van der Waals surface area contributed by atoms with Crippen LogP contribution in [0.3, 0.4) is 0 Å². The third-order valence-corrected chi connectivity index (χ3v) is 3.56. The average molecular weight is 270 g/mol. The third kappa shape index (κ3) is 3.87. The first-order valence-electron chi connectivity index (χ1n) is 6.42. The first-order chi connectivity index (χ1) is 8.79. The standard InChI is InChI=1S/C14H20ClNO2/c1-17-14-5-4-12(11-13(14)15)3-2-6-16-7-9-18-10-8-16/h4-5,11H,2-3,6-10H2,1H3. The molecule has 1 aromatic rings. The summed E-state index contributed by atoms with van der Waals surface area (Å²) in [6, 6.07) is 6.02. The molecule has 0 unspecified atom stereocenters. The molecule has 2 rings (SSSR count). The van der Waals surface area contributed by atoms with E-state index < -0.39 is 0 Å². The molecule has 4 heteroatoms. The number of ether oxygens (including phenoxy) is 2. The molecule has 0 atom stereocenters. The fourth-order valence-corrected chi connectivity index (χ4v) is 2.48. The lowest BCUT2D eigenvalue weighted by Gasteiger charge is -2.26. The van der Waals surface area contributed by atoms with Crippen LogP contribution in [-0.4, -0.2) is 44.9 Å². The molecule has 1 aromatic carbocycles. The molecule has 1 saturated heterocycles. The summed E-state index contributed by atoms with van der Waals surface area (Å²) in [6.07, 6.45) is 2.21. The molecule has 0 aromatic heterocycles. The highest BCUT2D eigenvalue weighted by molar-refractivity contribution is 6.32. The number of nitrogens with zero attached hydrogens (tertiary/aromatic N) is 1. The molecule has 0 N–H and O–H groups in total. The van der Waals surface area contributed by atoms with Crippen LogP contribution in [0.2, 0.25) is 5.02 Å². The van der Waals surface area contributed by atoms with E-state index in [-0.39, 0.29) is 0 Å². The summed E-state index contributed by atoms with van der Waals surface area (Å²) in [7, 11) is 1.64. The van der Waals surface area contributed by atoms with Crippen molar-refractivity contribution in [1.29, 1.82) is 0 Å². The van der Waals surface area contributed by atoms with Gasteiger partial charge in [-0.1, -0.05) is 17.7 Å². The number of hydrogen-bond donors (Lipinski definition) is 0. The Morgan fingerprint density at radius 3 is 2.78 bits per heavy atom. The number of halogens is 1. The number of rotatable bonds is 5. The molecule has 0 aliphatic carbocycles. The highest BCUT2D eigenvalue weighted by atomic mass is 35.5. The van der Waals surface area contributed by atoms with Crippen LogP contribution in [0.5, 0.6) is 5.75 Å². The predicted molar refractivity (Wildman–Crippen MR) is 73.6 cm³/mol. The Bertz CT molecular complexity index is 378. The van der Waals surface area contributed by atoms with Gasteiger partial charge in [0.15, 0.2) is 0 Å². The van der Waals surface area contributed by atoms with Crippen molar-refractivity contribution in [2.24, 2.45) is 0 Å². The third-order valence-electron chi connectivity index (χ3n) is 3.26. The molecule has 100 valence electrons. The monoisotopic (exact) mass is 269 g/mol. The molecular weight excluding hydrogens is 250 g/mol. The van der Waals surface area contributed by atoms with Crippen LogP contribution in [0.4, 0.5) is 0 Å². The van der Waals surface area contributed by atoms with Crippen molar-refractivity contribution in [3.8, 4) is 5.75 Å². The molecule has 0 amide bonds. The summed E-state index contributed by atoms with van der Waals surface area (Å²) in [5.41, 5.74) is 1.27. The second-order valence-electron chi connectivity index (χ2n) is 4.53. The first-order valence-corrected chi connectivity index (χ1v) is 6.80. The number of hydrogen-bond acceptors (Lipinski definition) is 3. The van der Waals surface area contributed by atoms with Gasteiger partial charge in [-0.05, 0) is 37.1 Å². The maximum absolute atomic E-state index is 6.11. The molecular formula is C14H20ClNO2. The van der Waals surface area contributed by atoms with Crippen LogP contribution in [0.25, 0.3) is 0 Å². The highest BCUT2D eigenvalue weighted by Crippen LogP contribution is 2.25. The van der Waals surface area contributed by atoms with Gasteiger partial charge in [0.2, 0.25) is 0 Å². The Hall–Kier alpha value is -0.770. The van der Waals surface area contributed by atoms with Gasteiger partial charge in [0, 0.05) is 13.1 Å². The van der Waals surface area contributed by atoms with Crippen LogP contribution in [0, 0.1) is 0 Å². The lowest BCUT2D eigenvalue weighted by Crippen LogP contribution is -2.36. The summed E-state index contributed by atoms with van der Waals surface area (Å²) >= 11 is 6.11. The van der Waals surface area contributed by atoms with E-state index in [1.807, 2.05) is 12.1 Å². The zero-order valence-electron chi connectivity index (χ0n) is 10.8. The summed E-state index contributed by atoms with van der Waals surface area (Å²) in [6.45, 7) is 4.99. The van der Waals surface area contributed by atoms with Crippen molar-refractivity contribution in [2.75, 3.05) is 40.0 Å². The maximum atomic E-state index is 6.11. The number of aryl methyl sites for hydroxylation is 1. The summed E-state index contributed by atoms with van der Waals surface area (Å²) in [4.78, 5) is 2.45. The predicted octanol–water partition coefficient (Wildman–Crippen LogP) is 2.61. The Morgan fingerprint density at radius 1 is 1.33 bits per heavy atom. The molecule has 0 saturated carbocycles. The van der Waals surface area contributed by atoms with E-state index >= 15 is 0 Å². The summed E-state index contributed by atoms with van der Waals surface area (Å²) in [5.74, 6) is 0.744. The van der Waals surface area contributed by atoms with Crippen molar-refractivity contribution in [1.82, 2.24) is 4.90 Å². The lowest BCUT2D eigenvalue weighted by molar-refractivity contribution is 0.0375. The zero-order valence-corrected chi connectivity index (χ0v) is 11.6. The molecule has 1 heterocycles. The molecule has 3 nitrogen and oxygen atoms in total. The average Bonchev–Trinajstić information content (AvgIpc) is 2.40. The number of methoxy groups -OCH3 is 1. The van der Waals surface area contributed by atoms with Gasteiger partial charge >= 0.3 is 0 Å². The molecule has 1 aliphatic heterocycles. The SMILES string of the molecule is COc1ccc(CCCN2CCOCC2)cc1Cl. The molecule has 0 radical (unpaired) electrons. The van der Waals surface area contributed by atoms with E-state index in [1.54, 1.807) is 7.11 Å². The molecule has 1 fully saturated rings. The van der Waals surface area contributed by atoms with Gasteiger partial charge in [0.1, 0.15) is 5.75 Å². The van der Waals surface area contributed by atoms with Gasteiger partial charge < -0.3 is 9.47 Å². The number of benzene rings is 1. The Kier molecular flexibility index (Phi) is 5.29. The number of morpholine rings is 1. The fraction of sp³-hybridized carbons (Fsp3) is 0.571. The first kappa shape index (κ1) is 13.7. The van der Waals surface area contributed by atoms with Crippen molar-refractivity contribution < 1.29 is 9.47 Å². The Morgan fingerprint density at radius 2 is 2.11 bits per heavy atom. The van der Waals surface area contributed by atoms with Gasteiger partial charge in [0.05, 0.1) is 25.3 Å². The van der Waals surface area contributed by atoms with E-state index in [0.717, 1.165) is 51.4 Å². The molecule has 1 aliphatic rings. The van der Waals surface area contributed by atoms with Crippen molar-refractivity contribution in [3.05, 3.63) is 28.8 Å². The van der Waals surface area contributed by atoms with Crippen LogP contribution in [0.15, 0.2) is 18.2 Å². The Balaban J connectivity index is 1.77. The summed E-state index contributed by atoms with van der Waals surface area (Å²) in [5, 5.41) is 0.696. The van der Waals surface area contributed by atoms with Crippen LogP contribution in [-0.2, 0) is 11.2 Å². The normalized spacial score (nSPS) is 16.8. The molecule has 0 spiro atoms. The minimum absolute atomic E-state index is 0.696. The summed E-state index contributed by atoms with van der Waals surface area (Å²) < 4.78 is 10.5. The van der Waals surface area contributed by atoms with E-state index in [2.05, 4.69) is 11.0 Å². The zero-order chi connectivity index (χ0) is 12.8. The fourth-order valence-electron chi connectivity index (χ4n) is 2.20. The smallest absolute Gasteiger partial charge is 0.137 e. The Labute approximate surface area is 114 Å². The second kappa shape index (κ2) is 6.98. The van der Waals surface area contributed by atoms with Crippen LogP contribution < -0.4 is 4.74 Å². The van der Waals surface area contributed by atoms with Gasteiger partial charge in [0.25, 0.3) is 0 Å². The minimum Gasteiger partial charge on any atom is -0.495 e. The largest absolute Gasteiger partial charge is 0.495 e. The van der Waals surface area contributed by atoms with Crippen LogP contribution >= 0.6 is 11.6 Å². The van der Waals surface area contributed by atoms with Crippen molar-refractivity contribution >= 4 is 11.6 Å². The van der Waals surface area contributed by atoms with Gasteiger partial charge in [-0.3, -0.25) is 4.90 Å². The maximum Gasteiger partial charge on any atom is 0.137 e. The van der Waals surface area contributed by atoms with Gasteiger partial charge in [-0.25, -0.2) is 0 Å². The van der Waals surface area contributed by atoms with E-state index in [1.165, 1.54) is 5.56 Å². The van der Waals surface area contributed by atoms with E-state index in [9.17, 15) is 0 Å². The van der Waals surface area contributed by atoms with Crippen LogP contribution in [0.1, 0.15) is 12.0 Å². The molecule has 0 bridgehead atoms. The van der Waals surface area contributed by atoms with E-state index in [4.69, 9.17) is 21.1 Å². The van der Waals surface area contributed by atoms with E-state index in [0.29, 0.717) is 5.02 Å². The van der Waals surface area contributed by atoms with Gasteiger partial charge in [-0.2, -0.15) is 0 Å². The topological polar surface area (TPSA) is 21.7 Å². The van der Waals surface area contributed by atoms with Gasteiger partial charge in [-0.15, -0.1) is 0 Å². The van der Waals surface area contributed by atoms with Crippen molar-refractivity contribution in [3.63, 3.8) is 0 Å². The minimum atomic E-state index is 0.696. The molecule has 18 heavy (non-hydrogen) atoms. The quantitative estimate of drug-likeness (QED) is 0.820. The lowest BCUT2D eigenvalue weighted by atomic mass is 10.1. The van der Waals surface area contributed by atoms with Crippen molar-refractivity contribution in [2.45, 2.75) is 12.8 Å². The highest BCUT2D eigenvalue weighted by Gasteiger charge is 2.09.